The minimum atomic E-state index is -0.186. The predicted molar refractivity (Wildman–Crippen MR) is 83.5 cm³/mol. The zero-order valence-corrected chi connectivity index (χ0v) is 12.8. The van der Waals surface area contributed by atoms with E-state index in [1.807, 2.05) is 0 Å². The van der Waals surface area contributed by atoms with Gasteiger partial charge in [0, 0.05) is 32.2 Å². The molecule has 3 rings (SSSR count). The number of benzene rings is 1. The van der Waals surface area contributed by atoms with E-state index >= 15 is 0 Å². The van der Waals surface area contributed by atoms with E-state index < -0.39 is 0 Å². The Hall–Kier alpha value is -2.12. The molecule has 1 aromatic carbocycles. The van der Waals surface area contributed by atoms with E-state index in [-0.39, 0.29) is 5.56 Å². The number of hydrogen-bond donors (Lipinski definition) is 1. The summed E-state index contributed by atoms with van der Waals surface area (Å²) in [4.78, 5) is 23.1. The van der Waals surface area contributed by atoms with Crippen LogP contribution < -0.4 is 15.0 Å². The van der Waals surface area contributed by atoms with Crippen molar-refractivity contribution in [2.75, 3.05) is 47.1 Å². The predicted octanol–water partition coefficient (Wildman–Crippen LogP) is 0.515. The van der Waals surface area contributed by atoms with Gasteiger partial charge in [0.15, 0.2) is 11.5 Å². The summed E-state index contributed by atoms with van der Waals surface area (Å²) in [5.74, 6) is 1.15. The number of aromatic amines is 1. The maximum absolute atomic E-state index is 11.8. The molecule has 1 aliphatic heterocycles. The molecule has 0 bridgehead atoms. The average molecular weight is 304 g/mol. The molecule has 0 unspecified atom stereocenters. The number of hydrogen-bond acceptors (Lipinski definition) is 6. The van der Waals surface area contributed by atoms with Gasteiger partial charge in [-0.15, -0.1) is 0 Å². The van der Waals surface area contributed by atoms with Gasteiger partial charge in [-0.2, -0.15) is 0 Å². The number of fused-ring (bicyclic) bond motifs is 1. The molecule has 1 aliphatic rings. The zero-order valence-electron chi connectivity index (χ0n) is 12.8. The third-order valence-corrected chi connectivity index (χ3v) is 3.92. The zero-order chi connectivity index (χ0) is 15.5. The minimum Gasteiger partial charge on any atom is -0.493 e. The smallest absolute Gasteiger partial charge is 0.258 e. The van der Waals surface area contributed by atoms with Gasteiger partial charge in [0.2, 0.25) is 0 Å². The quantitative estimate of drug-likeness (QED) is 0.888. The first kappa shape index (κ1) is 14.8. The Morgan fingerprint density at radius 1 is 1.23 bits per heavy atom. The molecule has 7 heteroatoms. The first-order valence-corrected chi connectivity index (χ1v) is 7.26. The first-order chi connectivity index (χ1) is 10.7. The van der Waals surface area contributed by atoms with Gasteiger partial charge in [-0.3, -0.25) is 9.69 Å². The summed E-state index contributed by atoms with van der Waals surface area (Å²) in [7, 11) is 3.68. The maximum Gasteiger partial charge on any atom is 0.258 e. The Balaban J connectivity index is 1.79. The summed E-state index contributed by atoms with van der Waals surface area (Å²) in [6.45, 7) is 4.53. The molecule has 118 valence electrons. The number of methoxy groups -OCH3 is 1. The Morgan fingerprint density at radius 2 is 2.00 bits per heavy atom. The summed E-state index contributed by atoms with van der Waals surface area (Å²) in [5.41, 5.74) is 0.409. The van der Waals surface area contributed by atoms with E-state index in [1.54, 1.807) is 19.2 Å². The van der Waals surface area contributed by atoms with Crippen LogP contribution >= 0.6 is 0 Å². The van der Waals surface area contributed by atoms with E-state index in [0.29, 0.717) is 29.1 Å². The van der Waals surface area contributed by atoms with Gasteiger partial charge in [-0.05, 0) is 13.1 Å². The topological polar surface area (TPSA) is 70.7 Å². The van der Waals surface area contributed by atoms with Crippen molar-refractivity contribution in [3.63, 3.8) is 0 Å². The van der Waals surface area contributed by atoms with Crippen LogP contribution in [0, 0.1) is 0 Å². The standard InChI is InChI=1S/C15H20N4O3/c1-18-3-5-19(6-4-18)10-22-14-8-12-11(7-13(14)21-2)15(20)17-9-16-12/h7-9H,3-6,10H2,1-2H3,(H,16,17,20). The highest BCUT2D eigenvalue weighted by molar-refractivity contribution is 5.81. The maximum atomic E-state index is 11.8. The third kappa shape index (κ3) is 3.05. The normalized spacial score (nSPS) is 16.8. The fourth-order valence-corrected chi connectivity index (χ4v) is 2.49. The molecular weight excluding hydrogens is 284 g/mol. The molecule has 0 radical (unpaired) electrons. The Labute approximate surface area is 128 Å². The van der Waals surface area contributed by atoms with Gasteiger partial charge in [-0.1, -0.05) is 0 Å². The third-order valence-electron chi connectivity index (χ3n) is 3.92. The fraction of sp³-hybridized carbons (Fsp3) is 0.467. The lowest BCUT2D eigenvalue weighted by molar-refractivity contribution is 0.0747. The van der Waals surface area contributed by atoms with E-state index in [2.05, 4.69) is 26.8 Å². The summed E-state index contributed by atoms with van der Waals surface area (Å²) in [6, 6.07) is 3.42. The van der Waals surface area contributed by atoms with Crippen LogP contribution in [0.1, 0.15) is 0 Å². The number of aromatic nitrogens is 2. The molecule has 1 saturated heterocycles. The first-order valence-electron chi connectivity index (χ1n) is 7.26. The van der Waals surface area contributed by atoms with Crippen LogP contribution in [0.5, 0.6) is 11.5 Å². The molecule has 0 saturated carbocycles. The van der Waals surface area contributed by atoms with Gasteiger partial charge in [-0.25, -0.2) is 4.98 Å². The van der Waals surface area contributed by atoms with Gasteiger partial charge < -0.3 is 19.4 Å². The number of nitrogens with zero attached hydrogens (tertiary/aromatic N) is 3. The molecule has 0 spiro atoms. The summed E-state index contributed by atoms with van der Waals surface area (Å²) in [5, 5.41) is 0.492. The van der Waals surface area contributed by atoms with Crippen LogP contribution in [0.15, 0.2) is 23.3 Å². The number of nitrogens with one attached hydrogen (secondary N) is 1. The second-order valence-corrected chi connectivity index (χ2v) is 5.45. The molecule has 1 aromatic heterocycles. The molecular formula is C15H20N4O3. The lowest BCUT2D eigenvalue weighted by Gasteiger charge is -2.32. The van der Waals surface area contributed by atoms with Crippen LogP contribution in [-0.4, -0.2) is 66.8 Å². The summed E-state index contributed by atoms with van der Waals surface area (Å²) < 4.78 is 11.2. The van der Waals surface area contributed by atoms with Crippen LogP contribution in [0.2, 0.25) is 0 Å². The minimum absolute atomic E-state index is 0.186. The van der Waals surface area contributed by atoms with Gasteiger partial charge in [0.1, 0.15) is 6.73 Å². The van der Waals surface area contributed by atoms with Crippen LogP contribution in [0.3, 0.4) is 0 Å². The Kier molecular flexibility index (Phi) is 4.26. The second-order valence-electron chi connectivity index (χ2n) is 5.45. The number of H-pyrrole nitrogens is 1. The SMILES string of the molecule is COc1cc2c(=O)[nH]cnc2cc1OCN1CCN(C)CC1. The number of ether oxygens (including phenoxy) is 2. The fourth-order valence-electron chi connectivity index (χ4n) is 2.49. The van der Waals surface area contributed by atoms with Gasteiger partial charge >= 0.3 is 0 Å². The van der Waals surface area contributed by atoms with Crippen molar-refractivity contribution in [1.29, 1.82) is 0 Å². The number of rotatable bonds is 4. The summed E-state index contributed by atoms with van der Waals surface area (Å²) >= 11 is 0. The Bertz CT molecular complexity index is 707. The molecule has 2 aromatic rings. The lowest BCUT2D eigenvalue weighted by Crippen LogP contribution is -2.45. The number of piperazine rings is 1. The van der Waals surface area contributed by atoms with Crippen LogP contribution in [-0.2, 0) is 0 Å². The van der Waals surface area contributed by atoms with Crippen LogP contribution in [0.25, 0.3) is 10.9 Å². The Morgan fingerprint density at radius 3 is 2.73 bits per heavy atom. The van der Waals surface area contributed by atoms with E-state index in [9.17, 15) is 4.79 Å². The van der Waals surface area contributed by atoms with Crippen molar-refractivity contribution in [2.45, 2.75) is 0 Å². The van der Waals surface area contributed by atoms with Crippen molar-refractivity contribution in [3.05, 3.63) is 28.8 Å². The van der Waals surface area contributed by atoms with Gasteiger partial charge in [0.05, 0.1) is 24.3 Å². The molecule has 0 aliphatic carbocycles. The average Bonchev–Trinajstić information content (AvgIpc) is 2.54. The molecule has 22 heavy (non-hydrogen) atoms. The van der Waals surface area contributed by atoms with Crippen molar-refractivity contribution in [1.82, 2.24) is 19.8 Å². The lowest BCUT2D eigenvalue weighted by atomic mass is 10.2. The van der Waals surface area contributed by atoms with Crippen molar-refractivity contribution in [2.24, 2.45) is 0 Å². The summed E-state index contributed by atoms with van der Waals surface area (Å²) in [6.07, 6.45) is 1.39. The highest BCUT2D eigenvalue weighted by atomic mass is 16.5. The highest BCUT2D eigenvalue weighted by Gasteiger charge is 2.15. The number of likely N-dealkylation sites (N-methyl/N-ethyl adjacent to an activating group) is 1. The van der Waals surface area contributed by atoms with E-state index in [1.165, 1.54) is 6.33 Å². The molecule has 1 fully saturated rings. The molecule has 1 N–H and O–H groups in total. The van der Waals surface area contributed by atoms with Crippen molar-refractivity contribution >= 4 is 10.9 Å². The van der Waals surface area contributed by atoms with Crippen molar-refractivity contribution in [3.8, 4) is 11.5 Å². The second kappa shape index (κ2) is 6.33. The van der Waals surface area contributed by atoms with E-state index in [4.69, 9.17) is 9.47 Å². The van der Waals surface area contributed by atoms with Crippen molar-refractivity contribution < 1.29 is 9.47 Å². The van der Waals surface area contributed by atoms with Crippen LogP contribution in [0.4, 0.5) is 0 Å². The van der Waals surface area contributed by atoms with E-state index in [0.717, 1.165) is 26.2 Å². The monoisotopic (exact) mass is 304 g/mol. The van der Waals surface area contributed by atoms with Gasteiger partial charge in [0.25, 0.3) is 5.56 Å². The largest absolute Gasteiger partial charge is 0.493 e. The molecule has 7 nitrogen and oxygen atoms in total. The molecule has 2 heterocycles. The molecule has 0 amide bonds. The highest BCUT2D eigenvalue weighted by Crippen LogP contribution is 2.30. The molecule has 0 atom stereocenters.